The molecule has 0 bridgehead atoms. The van der Waals surface area contributed by atoms with Gasteiger partial charge in [0.15, 0.2) is 11.6 Å². The Labute approximate surface area is 200 Å². The van der Waals surface area contributed by atoms with Gasteiger partial charge in [0.2, 0.25) is 0 Å². The SMILES string of the molecule is Fc1cccc(Cn2ncc3cc(Nc4ncnn5ccc(OC6CCC7OC7C6)c45)ccc32)c1. The zero-order valence-electron chi connectivity index (χ0n) is 18.8. The number of epoxide rings is 1. The topological polar surface area (TPSA) is 81.8 Å². The van der Waals surface area contributed by atoms with E-state index in [0.29, 0.717) is 24.6 Å². The fourth-order valence-electron chi connectivity index (χ4n) is 5.00. The summed E-state index contributed by atoms with van der Waals surface area (Å²) in [6, 6.07) is 14.5. The lowest BCUT2D eigenvalue weighted by molar-refractivity contribution is 0.166. The van der Waals surface area contributed by atoms with Gasteiger partial charge in [-0.1, -0.05) is 12.1 Å². The van der Waals surface area contributed by atoms with Gasteiger partial charge in [-0.05, 0) is 48.7 Å². The van der Waals surface area contributed by atoms with Crippen LogP contribution in [0, 0.1) is 5.82 Å². The lowest BCUT2D eigenvalue weighted by atomic mass is 9.98. The first-order chi connectivity index (χ1) is 17.2. The molecule has 0 amide bonds. The molecule has 0 spiro atoms. The molecule has 2 aliphatic rings. The monoisotopic (exact) mass is 470 g/mol. The fourth-order valence-corrected chi connectivity index (χ4v) is 5.00. The Morgan fingerprint density at radius 1 is 1.09 bits per heavy atom. The molecule has 2 fully saturated rings. The number of hydrogen-bond donors (Lipinski definition) is 1. The summed E-state index contributed by atoms with van der Waals surface area (Å²) < 4.78 is 29.2. The molecular weight excluding hydrogens is 447 g/mol. The van der Waals surface area contributed by atoms with Crippen LogP contribution in [0.25, 0.3) is 16.4 Å². The number of anilines is 2. The lowest BCUT2D eigenvalue weighted by Gasteiger charge is -2.20. The molecule has 176 valence electrons. The summed E-state index contributed by atoms with van der Waals surface area (Å²) in [5.74, 6) is 1.19. The second-order valence-electron chi connectivity index (χ2n) is 9.18. The van der Waals surface area contributed by atoms with Gasteiger partial charge in [0.1, 0.15) is 23.8 Å². The smallest absolute Gasteiger partial charge is 0.162 e. The first kappa shape index (κ1) is 20.4. The lowest BCUT2D eigenvalue weighted by Crippen LogP contribution is -2.24. The molecule has 8 nitrogen and oxygen atoms in total. The maximum atomic E-state index is 13.6. The van der Waals surface area contributed by atoms with Crippen LogP contribution in [-0.2, 0) is 11.3 Å². The highest BCUT2D eigenvalue weighted by atomic mass is 19.1. The number of fused-ring (bicyclic) bond motifs is 3. The number of hydrogen-bond acceptors (Lipinski definition) is 6. The van der Waals surface area contributed by atoms with E-state index in [1.165, 1.54) is 18.5 Å². The van der Waals surface area contributed by atoms with Crippen LogP contribution in [0.15, 0.2) is 67.3 Å². The van der Waals surface area contributed by atoms with Crippen molar-refractivity contribution >= 4 is 27.9 Å². The molecule has 1 N–H and O–H groups in total. The number of ether oxygens (including phenoxy) is 2. The molecule has 9 heteroatoms. The second kappa shape index (κ2) is 8.06. The van der Waals surface area contributed by atoms with Gasteiger partial charge in [0.05, 0.1) is 30.5 Å². The fraction of sp³-hybridized carbons (Fsp3) is 0.269. The summed E-state index contributed by atoms with van der Waals surface area (Å²) in [6.07, 6.45) is 9.12. The summed E-state index contributed by atoms with van der Waals surface area (Å²) in [7, 11) is 0. The molecule has 5 aromatic rings. The van der Waals surface area contributed by atoms with Crippen molar-refractivity contribution in [3.05, 3.63) is 78.6 Å². The van der Waals surface area contributed by atoms with E-state index in [-0.39, 0.29) is 11.9 Å². The first-order valence-electron chi connectivity index (χ1n) is 11.8. The zero-order valence-corrected chi connectivity index (χ0v) is 18.8. The van der Waals surface area contributed by atoms with Crippen molar-refractivity contribution in [3.8, 4) is 5.75 Å². The van der Waals surface area contributed by atoms with Gasteiger partial charge >= 0.3 is 0 Å². The van der Waals surface area contributed by atoms with Crippen molar-refractivity contribution in [2.75, 3.05) is 5.32 Å². The van der Waals surface area contributed by atoms with Gasteiger partial charge in [0.25, 0.3) is 0 Å². The highest BCUT2D eigenvalue weighted by molar-refractivity contribution is 5.86. The van der Waals surface area contributed by atoms with E-state index in [9.17, 15) is 4.39 Å². The van der Waals surface area contributed by atoms with Crippen molar-refractivity contribution in [2.24, 2.45) is 0 Å². The van der Waals surface area contributed by atoms with Crippen LogP contribution in [0.2, 0.25) is 0 Å². The predicted octanol–water partition coefficient (Wildman–Crippen LogP) is 4.71. The van der Waals surface area contributed by atoms with Crippen molar-refractivity contribution < 1.29 is 13.9 Å². The molecule has 1 saturated carbocycles. The number of halogens is 1. The summed E-state index contributed by atoms with van der Waals surface area (Å²) in [5, 5.41) is 13.2. The Hall–Kier alpha value is -3.98. The second-order valence-corrected chi connectivity index (χ2v) is 9.18. The van der Waals surface area contributed by atoms with E-state index < -0.39 is 0 Å². The van der Waals surface area contributed by atoms with Crippen LogP contribution >= 0.6 is 0 Å². The minimum atomic E-state index is -0.246. The van der Waals surface area contributed by atoms with Crippen molar-refractivity contribution in [3.63, 3.8) is 0 Å². The molecule has 35 heavy (non-hydrogen) atoms. The summed E-state index contributed by atoms with van der Waals surface area (Å²) in [6.45, 7) is 0.499. The van der Waals surface area contributed by atoms with E-state index in [1.807, 2.05) is 47.4 Å². The van der Waals surface area contributed by atoms with Gasteiger partial charge < -0.3 is 14.8 Å². The quantitative estimate of drug-likeness (QED) is 0.362. The van der Waals surface area contributed by atoms with Gasteiger partial charge in [-0.2, -0.15) is 10.2 Å². The maximum absolute atomic E-state index is 13.6. The number of nitrogens with zero attached hydrogens (tertiary/aromatic N) is 5. The van der Waals surface area contributed by atoms with Gasteiger partial charge in [-0.25, -0.2) is 13.9 Å². The third kappa shape index (κ3) is 3.87. The van der Waals surface area contributed by atoms with Crippen molar-refractivity contribution in [2.45, 2.75) is 44.1 Å². The Bertz CT molecular complexity index is 1550. The Kier molecular flexibility index (Phi) is 4.70. The molecule has 1 aliphatic carbocycles. The first-order valence-corrected chi connectivity index (χ1v) is 11.8. The number of aromatic nitrogens is 5. The van der Waals surface area contributed by atoms with Gasteiger partial charge in [-0.3, -0.25) is 4.68 Å². The highest BCUT2D eigenvalue weighted by Gasteiger charge is 2.44. The third-order valence-electron chi connectivity index (χ3n) is 6.79. The highest BCUT2D eigenvalue weighted by Crippen LogP contribution is 2.39. The van der Waals surface area contributed by atoms with Gasteiger partial charge in [0, 0.05) is 29.8 Å². The van der Waals surface area contributed by atoms with Crippen molar-refractivity contribution in [1.29, 1.82) is 0 Å². The summed E-state index contributed by atoms with van der Waals surface area (Å²) in [5.41, 5.74) is 3.51. The minimum Gasteiger partial charge on any atom is -0.488 e. The molecule has 3 aromatic heterocycles. The zero-order chi connectivity index (χ0) is 23.4. The van der Waals surface area contributed by atoms with E-state index in [0.717, 1.165) is 52.7 Å². The summed E-state index contributed by atoms with van der Waals surface area (Å²) >= 11 is 0. The van der Waals surface area contributed by atoms with Crippen LogP contribution in [0.3, 0.4) is 0 Å². The standard InChI is InChI=1S/C26H23FN6O2/c27-18-3-1-2-16(10-18)14-33-21-6-4-19(11-17(21)13-29-33)31-26-25-23(8-9-32(25)30-15-28-26)34-20-5-7-22-24(12-20)35-22/h1-4,6,8-11,13,15,20,22,24H,5,7,12,14H2,(H,28,30,31). The van der Waals surface area contributed by atoms with E-state index in [1.54, 1.807) is 10.6 Å². The number of nitrogens with one attached hydrogen (secondary N) is 1. The van der Waals surface area contributed by atoms with Crippen LogP contribution in [0.1, 0.15) is 24.8 Å². The molecule has 2 aromatic carbocycles. The largest absolute Gasteiger partial charge is 0.488 e. The molecule has 7 rings (SSSR count). The van der Waals surface area contributed by atoms with E-state index in [4.69, 9.17) is 9.47 Å². The summed E-state index contributed by atoms with van der Waals surface area (Å²) in [4.78, 5) is 4.50. The minimum absolute atomic E-state index is 0.137. The average molecular weight is 471 g/mol. The molecule has 0 radical (unpaired) electrons. The molecule has 3 atom stereocenters. The Balaban J connectivity index is 1.15. The van der Waals surface area contributed by atoms with Crippen LogP contribution < -0.4 is 10.1 Å². The van der Waals surface area contributed by atoms with Gasteiger partial charge in [-0.15, -0.1) is 0 Å². The average Bonchev–Trinajstić information content (AvgIpc) is 3.36. The third-order valence-corrected chi connectivity index (χ3v) is 6.79. The van der Waals surface area contributed by atoms with Crippen LogP contribution in [0.5, 0.6) is 5.75 Å². The maximum Gasteiger partial charge on any atom is 0.162 e. The molecule has 1 aliphatic heterocycles. The number of rotatable bonds is 6. The molecule has 3 unspecified atom stereocenters. The molecule has 1 saturated heterocycles. The van der Waals surface area contributed by atoms with E-state index >= 15 is 0 Å². The normalized spacial score (nSPS) is 21.2. The van der Waals surface area contributed by atoms with E-state index in [2.05, 4.69) is 20.5 Å². The number of benzene rings is 2. The van der Waals surface area contributed by atoms with Crippen molar-refractivity contribution in [1.82, 2.24) is 24.4 Å². The van der Waals surface area contributed by atoms with Crippen LogP contribution in [0.4, 0.5) is 15.9 Å². The Morgan fingerprint density at radius 3 is 2.97 bits per heavy atom. The predicted molar refractivity (Wildman–Crippen MR) is 128 cm³/mol. The molecule has 4 heterocycles. The van der Waals surface area contributed by atoms with Crippen LogP contribution in [-0.4, -0.2) is 42.7 Å². The Morgan fingerprint density at radius 2 is 2.06 bits per heavy atom. The molecular formula is C26H23FN6O2.